The Balaban J connectivity index is 1.74. The van der Waals surface area contributed by atoms with Crippen LogP contribution in [-0.4, -0.2) is 15.2 Å². The lowest BCUT2D eigenvalue weighted by molar-refractivity contribution is -0.115. The molecule has 1 N–H and O–H groups in total. The van der Waals surface area contributed by atoms with E-state index in [9.17, 15) is 4.79 Å². The first kappa shape index (κ1) is 15.1. The zero-order valence-corrected chi connectivity index (χ0v) is 14.5. The van der Waals surface area contributed by atoms with E-state index < -0.39 is 0 Å². The number of amides is 1. The summed E-state index contributed by atoms with van der Waals surface area (Å²) in [6.45, 7) is 0. The van der Waals surface area contributed by atoms with Crippen LogP contribution in [0.2, 0.25) is 0 Å². The average molecular weight is 368 g/mol. The van der Waals surface area contributed by atoms with Crippen molar-refractivity contribution < 1.29 is 9.21 Å². The lowest BCUT2D eigenvalue weighted by Crippen LogP contribution is -2.17. The van der Waals surface area contributed by atoms with Crippen molar-refractivity contribution in [3.63, 3.8) is 0 Å². The van der Waals surface area contributed by atoms with Gasteiger partial charge in [0.25, 0.3) is 5.91 Å². The van der Waals surface area contributed by atoms with Crippen LogP contribution in [0.25, 0.3) is 17.0 Å². The molecule has 24 heavy (non-hydrogen) atoms. The van der Waals surface area contributed by atoms with E-state index in [1.54, 1.807) is 29.8 Å². The zero-order valence-electron chi connectivity index (χ0n) is 12.0. The second kappa shape index (κ2) is 6.24. The van der Waals surface area contributed by atoms with Crippen LogP contribution >= 0.6 is 35.3 Å². The van der Waals surface area contributed by atoms with Gasteiger partial charge in [0.2, 0.25) is 0 Å². The van der Waals surface area contributed by atoms with Crippen LogP contribution in [0.5, 0.6) is 0 Å². The highest BCUT2D eigenvalue weighted by atomic mass is 32.2. The fourth-order valence-electron chi connectivity index (χ4n) is 2.17. The van der Waals surface area contributed by atoms with Gasteiger partial charge >= 0.3 is 0 Å². The molecule has 4 heterocycles. The van der Waals surface area contributed by atoms with Gasteiger partial charge in [-0.3, -0.25) is 9.78 Å². The molecule has 3 aromatic heterocycles. The monoisotopic (exact) mass is 368 g/mol. The van der Waals surface area contributed by atoms with E-state index in [0.717, 1.165) is 10.9 Å². The molecule has 1 fully saturated rings. The largest absolute Gasteiger partial charge is 0.455 e. The van der Waals surface area contributed by atoms with Gasteiger partial charge in [0.1, 0.15) is 10.1 Å². The van der Waals surface area contributed by atoms with E-state index in [0.29, 0.717) is 26.1 Å². The van der Waals surface area contributed by atoms with Gasteiger partial charge in [-0.15, -0.1) is 0 Å². The molecule has 1 aliphatic heterocycles. The number of hydrogen-bond acceptors (Lipinski definition) is 6. The Morgan fingerprint density at radius 2 is 2.25 bits per heavy atom. The number of thiocarbonyl (C=S) groups is 1. The van der Waals surface area contributed by atoms with Gasteiger partial charge in [-0.1, -0.05) is 35.8 Å². The Morgan fingerprint density at radius 3 is 3.00 bits per heavy atom. The molecular formula is C17H8N2O2S3. The highest BCUT2D eigenvalue weighted by molar-refractivity contribution is 8.26. The number of hydrogen-bond donors (Lipinski definition) is 1. The SMILES string of the molecule is O=C1NC(=S)S/C1=C\c1cc2cncc(C#Cc3ccsc3)c2o1. The Bertz CT molecular complexity index is 1050. The molecule has 116 valence electrons. The van der Waals surface area contributed by atoms with Crippen LogP contribution in [0.4, 0.5) is 0 Å². The van der Waals surface area contributed by atoms with Crippen molar-refractivity contribution in [2.24, 2.45) is 0 Å². The Morgan fingerprint density at radius 1 is 1.33 bits per heavy atom. The van der Waals surface area contributed by atoms with Crippen molar-refractivity contribution in [2.45, 2.75) is 0 Å². The number of thioether (sulfide) groups is 1. The first-order chi connectivity index (χ1) is 11.7. The highest BCUT2D eigenvalue weighted by Gasteiger charge is 2.22. The van der Waals surface area contributed by atoms with Gasteiger partial charge in [-0.25, -0.2) is 0 Å². The zero-order chi connectivity index (χ0) is 16.5. The summed E-state index contributed by atoms with van der Waals surface area (Å²) in [7, 11) is 0. The summed E-state index contributed by atoms with van der Waals surface area (Å²) >= 11 is 7.80. The molecule has 0 aromatic carbocycles. The summed E-state index contributed by atoms with van der Waals surface area (Å²) in [5.41, 5.74) is 2.33. The van der Waals surface area contributed by atoms with Crippen molar-refractivity contribution in [2.75, 3.05) is 0 Å². The van der Waals surface area contributed by atoms with E-state index in [1.165, 1.54) is 11.8 Å². The fourth-order valence-corrected chi connectivity index (χ4v) is 3.78. The van der Waals surface area contributed by atoms with Crippen LogP contribution in [0.3, 0.4) is 0 Å². The Hall–Kier alpha value is -2.40. The van der Waals surface area contributed by atoms with Crippen molar-refractivity contribution in [3.8, 4) is 11.8 Å². The molecule has 0 bridgehead atoms. The third-order valence-corrected chi connectivity index (χ3v) is 5.07. The number of aromatic nitrogens is 1. The second-order valence-electron chi connectivity index (χ2n) is 4.87. The summed E-state index contributed by atoms with van der Waals surface area (Å²) < 4.78 is 6.31. The molecule has 0 radical (unpaired) electrons. The topological polar surface area (TPSA) is 55.1 Å². The van der Waals surface area contributed by atoms with Gasteiger partial charge in [0, 0.05) is 34.8 Å². The first-order valence-corrected chi connectivity index (χ1v) is 9.02. The van der Waals surface area contributed by atoms with Crippen molar-refractivity contribution in [1.82, 2.24) is 10.3 Å². The minimum atomic E-state index is -0.207. The summed E-state index contributed by atoms with van der Waals surface area (Å²) in [4.78, 5) is 16.5. The number of nitrogens with zero attached hydrogens (tertiary/aromatic N) is 1. The maximum atomic E-state index is 11.7. The van der Waals surface area contributed by atoms with Crippen LogP contribution in [-0.2, 0) is 4.79 Å². The number of fused-ring (bicyclic) bond motifs is 1. The molecule has 0 aliphatic carbocycles. The maximum absolute atomic E-state index is 11.7. The number of pyridine rings is 1. The minimum Gasteiger partial charge on any atom is -0.455 e. The van der Waals surface area contributed by atoms with Crippen LogP contribution in [0, 0.1) is 11.8 Å². The van der Waals surface area contributed by atoms with Gasteiger partial charge in [0.05, 0.1) is 10.5 Å². The summed E-state index contributed by atoms with van der Waals surface area (Å²) in [6.07, 6.45) is 5.06. The van der Waals surface area contributed by atoms with E-state index in [1.807, 2.05) is 22.9 Å². The minimum absolute atomic E-state index is 0.207. The van der Waals surface area contributed by atoms with Gasteiger partial charge in [0.15, 0.2) is 5.58 Å². The van der Waals surface area contributed by atoms with Gasteiger partial charge < -0.3 is 9.73 Å². The number of thiophene rings is 1. The lowest BCUT2D eigenvalue weighted by atomic mass is 10.2. The molecule has 0 spiro atoms. The number of carbonyl (C=O) groups excluding carboxylic acids is 1. The second-order valence-corrected chi connectivity index (χ2v) is 7.37. The average Bonchev–Trinajstić information content (AvgIpc) is 3.26. The number of nitrogens with one attached hydrogen (secondary N) is 1. The molecule has 1 aliphatic rings. The van der Waals surface area contributed by atoms with Crippen LogP contribution in [0.1, 0.15) is 16.9 Å². The molecule has 0 saturated carbocycles. The van der Waals surface area contributed by atoms with Crippen molar-refractivity contribution in [1.29, 1.82) is 0 Å². The standard InChI is InChI=1S/C17H8N2O2S3/c20-16-14(24-17(22)19-16)6-13-5-12-8-18-7-11(15(12)21-13)2-1-10-3-4-23-9-10/h3-9H,(H,19,20,22)/b14-6-. The third kappa shape index (κ3) is 2.99. The molecule has 7 heteroatoms. The van der Waals surface area contributed by atoms with E-state index >= 15 is 0 Å². The van der Waals surface area contributed by atoms with Crippen LogP contribution < -0.4 is 5.32 Å². The van der Waals surface area contributed by atoms with Crippen LogP contribution in [0.15, 0.2) is 44.6 Å². The molecular weight excluding hydrogens is 360 g/mol. The predicted octanol–water partition coefficient (Wildman–Crippen LogP) is 3.78. The normalized spacial score (nSPS) is 15.6. The number of furan rings is 1. The molecule has 1 amide bonds. The number of carbonyl (C=O) groups is 1. The highest BCUT2D eigenvalue weighted by Crippen LogP contribution is 2.29. The fraction of sp³-hybridized carbons (Fsp3) is 0. The van der Waals surface area contributed by atoms with Gasteiger partial charge in [-0.2, -0.15) is 11.3 Å². The number of rotatable bonds is 1. The summed E-state index contributed by atoms with van der Waals surface area (Å²) in [5, 5.41) is 7.38. The van der Waals surface area contributed by atoms with Crippen molar-refractivity contribution in [3.05, 3.63) is 57.1 Å². The molecule has 1 saturated heterocycles. The molecule has 0 atom stereocenters. The lowest BCUT2D eigenvalue weighted by Gasteiger charge is -1.92. The van der Waals surface area contributed by atoms with Gasteiger partial charge in [-0.05, 0) is 17.5 Å². The molecule has 4 rings (SSSR count). The summed E-state index contributed by atoms with van der Waals surface area (Å²) in [5.74, 6) is 6.54. The molecule has 0 unspecified atom stereocenters. The Kier molecular flexibility index (Phi) is 3.94. The molecule has 3 aromatic rings. The maximum Gasteiger partial charge on any atom is 0.263 e. The Labute approximate surface area is 151 Å². The quantitative estimate of drug-likeness (QED) is 0.402. The molecule has 4 nitrogen and oxygen atoms in total. The third-order valence-electron chi connectivity index (χ3n) is 3.22. The van der Waals surface area contributed by atoms with Crippen molar-refractivity contribution >= 4 is 62.6 Å². The van der Waals surface area contributed by atoms with E-state index in [4.69, 9.17) is 16.6 Å². The smallest absolute Gasteiger partial charge is 0.263 e. The predicted molar refractivity (Wildman–Crippen MR) is 101 cm³/mol. The van der Waals surface area contributed by atoms with E-state index in [2.05, 4.69) is 22.1 Å². The first-order valence-electron chi connectivity index (χ1n) is 6.86. The summed E-state index contributed by atoms with van der Waals surface area (Å²) in [6, 6.07) is 3.79. The van der Waals surface area contributed by atoms with E-state index in [-0.39, 0.29) is 5.91 Å².